The number of nitrogens with zero attached hydrogens (tertiary/aromatic N) is 1. The number of benzene rings is 1. The summed E-state index contributed by atoms with van der Waals surface area (Å²) in [5, 5.41) is 9.76. The number of hydrogen-bond acceptors (Lipinski definition) is 2. The van der Waals surface area contributed by atoms with Crippen LogP contribution >= 0.6 is 0 Å². The van der Waals surface area contributed by atoms with Gasteiger partial charge in [-0.2, -0.15) is 0 Å². The van der Waals surface area contributed by atoms with Crippen molar-refractivity contribution in [3.05, 3.63) is 42.6 Å². The van der Waals surface area contributed by atoms with E-state index in [4.69, 9.17) is 4.74 Å². The van der Waals surface area contributed by atoms with Crippen LogP contribution in [0.4, 0.5) is 0 Å². The first-order valence-corrected chi connectivity index (χ1v) is 7.23. The van der Waals surface area contributed by atoms with Crippen molar-refractivity contribution in [3.63, 3.8) is 0 Å². The molecule has 0 bridgehead atoms. The normalized spacial score (nSPS) is 16.8. The summed E-state index contributed by atoms with van der Waals surface area (Å²) in [6, 6.07) is 11.6. The molecule has 4 heteroatoms. The summed E-state index contributed by atoms with van der Waals surface area (Å²) in [5.41, 5.74) is 1.10. The first-order valence-electron chi connectivity index (χ1n) is 7.23. The van der Waals surface area contributed by atoms with E-state index in [-0.39, 0.29) is 0 Å². The molecule has 0 atom stereocenters. The Morgan fingerprint density at radius 2 is 2.00 bits per heavy atom. The number of carboxylic acids is 1. The molecule has 1 aromatic heterocycles. The fourth-order valence-corrected chi connectivity index (χ4v) is 3.29. The molecule has 0 spiro atoms. The third-order valence-corrected chi connectivity index (χ3v) is 4.40. The molecule has 1 fully saturated rings. The van der Waals surface area contributed by atoms with Gasteiger partial charge in [0.05, 0.1) is 7.11 Å². The Kier molecular flexibility index (Phi) is 3.45. The summed E-state index contributed by atoms with van der Waals surface area (Å²) in [6.45, 7) is 0. The van der Waals surface area contributed by atoms with Gasteiger partial charge < -0.3 is 14.4 Å². The highest BCUT2D eigenvalue weighted by atomic mass is 16.5. The van der Waals surface area contributed by atoms with Gasteiger partial charge in [-0.25, -0.2) is 4.79 Å². The zero-order chi connectivity index (χ0) is 14.9. The van der Waals surface area contributed by atoms with Gasteiger partial charge in [-0.05, 0) is 37.1 Å². The topological polar surface area (TPSA) is 51.5 Å². The van der Waals surface area contributed by atoms with Crippen LogP contribution in [0.3, 0.4) is 0 Å². The maximum atomic E-state index is 11.9. The lowest BCUT2D eigenvalue weighted by Crippen LogP contribution is -2.39. The molecule has 110 valence electrons. The first kappa shape index (κ1) is 13.7. The summed E-state index contributed by atoms with van der Waals surface area (Å²) in [4.78, 5) is 11.9. The lowest BCUT2D eigenvalue weighted by atomic mass is 9.96. The van der Waals surface area contributed by atoms with Crippen molar-refractivity contribution >= 4 is 5.97 Å². The Hall–Kier alpha value is -2.23. The molecule has 1 aliphatic carbocycles. The van der Waals surface area contributed by atoms with Gasteiger partial charge in [0.2, 0.25) is 0 Å². The monoisotopic (exact) mass is 285 g/mol. The van der Waals surface area contributed by atoms with Crippen molar-refractivity contribution in [2.45, 2.75) is 31.2 Å². The van der Waals surface area contributed by atoms with Crippen LogP contribution in [-0.2, 0) is 10.3 Å². The minimum atomic E-state index is -0.804. The van der Waals surface area contributed by atoms with Crippen LogP contribution in [0.1, 0.15) is 25.7 Å². The molecule has 1 N–H and O–H groups in total. The highest BCUT2D eigenvalue weighted by Gasteiger charge is 2.43. The number of carboxylic acid groups (broad SMARTS) is 1. The van der Waals surface area contributed by atoms with Crippen molar-refractivity contribution in [1.29, 1.82) is 0 Å². The van der Waals surface area contributed by atoms with Crippen molar-refractivity contribution in [3.8, 4) is 17.0 Å². The third kappa shape index (κ3) is 2.20. The van der Waals surface area contributed by atoms with Crippen LogP contribution in [-0.4, -0.2) is 22.8 Å². The molecule has 1 aliphatic rings. The Bertz CT molecular complexity index is 654. The number of rotatable bonds is 4. The second kappa shape index (κ2) is 5.28. The standard InChI is InChI=1S/C17H19NO3/c1-21-14-7-4-6-13(12-14)15-8-5-11-18(15)17(16(19)20)9-2-3-10-17/h4-8,11-12H,2-3,9-10H2,1H3,(H,19,20). The predicted octanol–water partition coefficient (Wildman–Crippen LogP) is 3.52. The molecule has 1 saturated carbocycles. The van der Waals surface area contributed by atoms with Gasteiger partial charge in [-0.1, -0.05) is 25.0 Å². The van der Waals surface area contributed by atoms with E-state index in [9.17, 15) is 9.90 Å². The Morgan fingerprint density at radius 1 is 1.24 bits per heavy atom. The lowest BCUT2D eigenvalue weighted by Gasteiger charge is -2.28. The number of aromatic nitrogens is 1. The van der Waals surface area contributed by atoms with E-state index in [2.05, 4.69) is 0 Å². The second-order valence-corrected chi connectivity index (χ2v) is 5.54. The van der Waals surface area contributed by atoms with E-state index >= 15 is 0 Å². The van der Waals surface area contributed by atoms with Crippen LogP contribution < -0.4 is 4.74 Å². The second-order valence-electron chi connectivity index (χ2n) is 5.54. The Morgan fingerprint density at radius 3 is 2.67 bits per heavy atom. The Labute approximate surface area is 124 Å². The molecular weight excluding hydrogens is 266 g/mol. The molecular formula is C17H19NO3. The van der Waals surface area contributed by atoms with Gasteiger partial charge in [0.25, 0.3) is 0 Å². The minimum absolute atomic E-state index is 0.688. The van der Waals surface area contributed by atoms with E-state index in [0.717, 1.165) is 29.8 Å². The van der Waals surface area contributed by atoms with Crippen molar-refractivity contribution in [2.75, 3.05) is 7.11 Å². The molecule has 1 aromatic carbocycles. The molecule has 0 radical (unpaired) electrons. The van der Waals surface area contributed by atoms with Crippen molar-refractivity contribution < 1.29 is 14.6 Å². The number of ether oxygens (including phenoxy) is 1. The largest absolute Gasteiger partial charge is 0.497 e. The fourth-order valence-electron chi connectivity index (χ4n) is 3.29. The number of methoxy groups -OCH3 is 1. The van der Waals surface area contributed by atoms with E-state index in [1.54, 1.807) is 7.11 Å². The van der Waals surface area contributed by atoms with Crippen LogP contribution in [0.25, 0.3) is 11.3 Å². The highest BCUT2D eigenvalue weighted by molar-refractivity contribution is 5.79. The molecule has 21 heavy (non-hydrogen) atoms. The number of hydrogen-bond donors (Lipinski definition) is 1. The number of carbonyl (C=O) groups is 1. The smallest absolute Gasteiger partial charge is 0.329 e. The summed E-state index contributed by atoms with van der Waals surface area (Å²) in [5.74, 6) is 0.0383. The zero-order valence-electron chi connectivity index (χ0n) is 12.1. The van der Waals surface area contributed by atoms with E-state index in [1.807, 2.05) is 47.2 Å². The van der Waals surface area contributed by atoms with Crippen LogP contribution in [0.15, 0.2) is 42.6 Å². The molecule has 0 amide bonds. The van der Waals surface area contributed by atoms with Gasteiger partial charge in [-0.15, -0.1) is 0 Å². The summed E-state index contributed by atoms with van der Waals surface area (Å²) >= 11 is 0. The molecule has 4 nitrogen and oxygen atoms in total. The van der Waals surface area contributed by atoms with Gasteiger partial charge >= 0.3 is 5.97 Å². The summed E-state index contributed by atoms with van der Waals surface area (Å²) < 4.78 is 7.19. The molecule has 3 rings (SSSR count). The Balaban J connectivity index is 2.10. The number of aliphatic carboxylic acids is 1. The first-order chi connectivity index (χ1) is 10.2. The molecule has 2 aromatic rings. The molecule has 0 saturated heterocycles. The van der Waals surface area contributed by atoms with Gasteiger partial charge in [-0.3, -0.25) is 0 Å². The minimum Gasteiger partial charge on any atom is -0.497 e. The maximum Gasteiger partial charge on any atom is 0.329 e. The SMILES string of the molecule is COc1cccc(-c2cccn2C2(C(=O)O)CCCC2)c1. The van der Waals surface area contributed by atoms with Crippen LogP contribution in [0.5, 0.6) is 5.75 Å². The van der Waals surface area contributed by atoms with Gasteiger partial charge in [0.1, 0.15) is 11.3 Å². The summed E-state index contributed by atoms with van der Waals surface area (Å²) in [6.07, 6.45) is 5.18. The predicted molar refractivity (Wildman–Crippen MR) is 80.5 cm³/mol. The highest BCUT2D eigenvalue weighted by Crippen LogP contribution is 2.40. The van der Waals surface area contributed by atoms with Crippen LogP contribution in [0, 0.1) is 0 Å². The molecule has 1 heterocycles. The third-order valence-electron chi connectivity index (χ3n) is 4.40. The van der Waals surface area contributed by atoms with E-state index in [1.165, 1.54) is 0 Å². The van der Waals surface area contributed by atoms with Crippen molar-refractivity contribution in [1.82, 2.24) is 4.57 Å². The van der Waals surface area contributed by atoms with Crippen LogP contribution in [0.2, 0.25) is 0 Å². The lowest BCUT2D eigenvalue weighted by molar-refractivity contribution is -0.147. The molecule has 0 unspecified atom stereocenters. The summed E-state index contributed by atoms with van der Waals surface area (Å²) in [7, 11) is 1.63. The van der Waals surface area contributed by atoms with Gasteiger partial charge in [0.15, 0.2) is 0 Å². The zero-order valence-corrected chi connectivity index (χ0v) is 12.1. The average molecular weight is 285 g/mol. The molecule has 0 aliphatic heterocycles. The fraction of sp³-hybridized carbons (Fsp3) is 0.353. The maximum absolute atomic E-state index is 11.9. The average Bonchev–Trinajstić information content (AvgIpc) is 3.16. The quantitative estimate of drug-likeness (QED) is 0.935. The van der Waals surface area contributed by atoms with Gasteiger partial charge in [0, 0.05) is 17.5 Å². The van der Waals surface area contributed by atoms with E-state index < -0.39 is 11.5 Å². The van der Waals surface area contributed by atoms with Crippen molar-refractivity contribution in [2.24, 2.45) is 0 Å². The van der Waals surface area contributed by atoms with E-state index in [0.29, 0.717) is 12.8 Å².